The highest BCUT2D eigenvalue weighted by Crippen LogP contribution is 2.34. The summed E-state index contributed by atoms with van der Waals surface area (Å²) in [4.78, 5) is 26.1. The molecule has 3 rings (SSSR count). The van der Waals surface area contributed by atoms with E-state index < -0.39 is 0 Å². The molecule has 0 atom stereocenters. The maximum Gasteiger partial charge on any atom is 0.261 e. The SMILES string of the molecule is O=C1c2cccc3c(Br)ccc(c23)C(=O)N1CCBr. The van der Waals surface area contributed by atoms with E-state index in [1.165, 1.54) is 4.90 Å². The number of hydrogen-bond donors (Lipinski definition) is 0. The highest BCUT2D eigenvalue weighted by molar-refractivity contribution is 9.10. The summed E-state index contributed by atoms with van der Waals surface area (Å²) in [6.45, 7) is 0.379. The predicted molar refractivity (Wildman–Crippen MR) is 80.8 cm³/mol. The van der Waals surface area contributed by atoms with E-state index >= 15 is 0 Å². The van der Waals surface area contributed by atoms with E-state index in [0.29, 0.717) is 23.0 Å². The molecule has 0 spiro atoms. The molecule has 0 radical (unpaired) electrons. The number of imide groups is 1. The smallest absolute Gasteiger partial charge is 0.261 e. The molecule has 2 aromatic carbocycles. The molecule has 2 amide bonds. The molecule has 19 heavy (non-hydrogen) atoms. The van der Waals surface area contributed by atoms with Gasteiger partial charge in [-0.15, -0.1) is 0 Å². The van der Waals surface area contributed by atoms with Gasteiger partial charge in [0.2, 0.25) is 0 Å². The highest BCUT2D eigenvalue weighted by atomic mass is 79.9. The third kappa shape index (κ3) is 1.83. The fourth-order valence-corrected chi connectivity index (χ4v) is 3.22. The van der Waals surface area contributed by atoms with Crippen LogP contribution < -0.4 is 0 Å². The van der Waals surface area contributed by atoms with Crippen LogP contribution in [0.1, 0.15) is 20.7 Å². The highest BCUT2D eigenvalue weighted by Gasteiger charge is 2.32. The lowest BCUT2D eigenvalue weighted by atomic mass is 9.94. The van der Waals surface area contributed by atoms with E-state index in [9.17, 15) is 9.59 Å². The lowest BCUT2D eigenvalue weighted by Gasteiger charge is -2.26. The van der Waals surface area contributed by atoms with E-state index in [2.05, 4.69) is 31.9 Å². The standard InChI is InChI=1S/C14H9Br2NO2/c15-6-7-17-13(18)9-3-1-2-8-11(16)5-4-10(12(8)9)14(17)19/h1-5H,6-7H2. The molecule has 1 aliphatic rings. The van der Waals surface area contributed by atoms with E-state index in [4.69, 9.17) is 0 Å². The zero-order chi connectivity index (χ0) is 13.6. The third-order valence-corrected chi connectivity index (χ3v) is 4.29. The molecule has 0 N–H and O–H groups in total. The average Bonchev–Trinajstić information content (AvgIpc) is 2.42. The van der Waals surface area contributed by atoms with Gasteiger partial charge in [-0.1, -0.05) is 44.0 Å². The lowest BCUT2D eigenvalue weighted by Crippen LogP contribution is -2.41. The van der Waals surface area contributed by atoms with Gasteiger partial charge < -0.3 is 0 Å². The van der Waals surface area contributed by atoms with Gasteiger partial charge in [0, 0.05) is 32.9 Å². The van der Waals surface area contributed by atoms with Crippen LogP contribution >= 0.6 is 31.9 Å². The van der Waals surface area contributed by atoms with Crippen molar-refractivity contribution in [2.45, 2.75) is 0 Å². The van der Waals surface area contributed by atoms with Crippen molar-refractivity contribution < 1.29 is 9.59 Å². The molecule has 96 valence electrons. The summed E-state index contributed by atoms with van der Waals surface area (Å²) in [6.07, 6.45) is 0. The summed E-state index contributed by atoms with van der Waals surface area (Å²) in [5, 5.41) is 2.22. The van der Waals surface area contributed by atoms with Gasteiger partial charge in [0.1, 0.15) is 0 Å². The molecule has 0 aromatic heterocycles. The molecule has 3 nitrogen and oxygen atoms in total. The first-order valence-corrected chi connectivity index (χ1v) is 7.70. The Balaban J connectivity index is 2.35. The Kier molecular flexibility index (Phi) is 3.19. The fraction of sp³-hybridized carbons (Fsp3) is 0.143. The Bertz CT molecular complexity index is 690. The number of alkyl halides is 1. The maximum atomic E-state index is 12.4. The first kappa shape index (κ1) is 12.8. The van der Waals surface area contributed by atoms with Crippen molar-refractivity contribution in [3.63, 3.8) is 0 Å². The summed E-state index contributed by atoms with van der Waals surface area (Å²) in [5.41, 5.74) is 1.18. The number of rotatable bonds is 2. The van der Waals surface area contributed by atoms with Crippen LogP contribution in [0.4, 0.5) is 0 Å². The Morgan fingerprint density at radius 1 is 1.00 bits per heavy atom. The Morgan fingerprint density at radius 3 is 2.37 bits per heavy atom. The van der Waals surface area contributed by atoms with Gasteiger partial charge in [-0.2, -0.15) is 0 Å². The molecule has 0 bridgehead atoms. The molecule has 0 fully saturated rings. The summed E-state index contributed by atoms with van der Waals surface area (Å²) in [5.74, 6) is -0.443. The molecule has 1 heterocycles. The maximum absolute atomic E-state index is 12.4. The van der Waals surface area contributed by atoms with Gasteiger partial charge in [-0.25, -0.2) is 0 Å². The van der Waals surface area contributed by atoms with Crippen LogP contribution in [0.5, 0.6) is 0 Å². The normalized spacial score (nSPS) is 14.3. The molecule has 5 heteroatoms. The Morgan fingerprint density at radius 2 is 1.68 bits per heavy atom. The van der Waals surface area contributed by atoms with E-state index in [0.717, 1.165) is 15.2 Å². The van der Waals surface area contributed by atoms with Crippen molar-refractivity contribution in [2.24, 2.45) is 0 Å². The number of benzene rings is 2. The van der Waals surface area contributed by atoms with Crippen LogP contribution in [0.3, 0.4) is 0 Å². The number of amides is 2. The van der Waals surface area contributed by atoms with Crippen molar-refractivity contribution in [2.75, 3.05) is 11.9 Å². The van der Waals surface area contributed by atoms with Crippen LogP contribution in [-0.2, 0) is 0 Å². The fourth-order valence-electron chi connectivity index (χ4n) is 2.40. The van der Waals surface area contributed by atoms with Crippen LogP contribution in [0.15, 0.2) is 34.8 Å². The number of hydrogen-bond acceptors (Lipinski definition) is 2. The monoisotopic (exact) mass is 381 g/mol. The minimum absolute atomic E-state index is 0.222. The summed E-state index contributed by atoms with van der Waals surface area (Å²) < 4.78 is 0.891. The van der Waals surface area contributed by atoms with Gasteiger partial charge in [0.05, 0.1) is 0 Å². The largest absolute Gasteiger partial charge is 0.274 e. The lowest BCUT2D eigenvalue weighted by molar-refractivity contribution is 0.0621. The van der Waals surface area contributed by atoms with Crippen LogP contribution in [0, 0.1) is 0 Å². The quantitative estimate of drug-likeness (QED) is 0.587. The predicted octanol–water partition coefficient (Wildman–Crippen LogP) is 3.59. The minimum atomic E-state index is -0.222. The number of carbonyl (C=O) groups excluding carboxylic acids is 2. The number of nitrogens with zero attached hydrogens (tertiary/aromatic N) is 1. The second-order valence-electron chi connectivity index (χ2n) is 4.27. The topological polar surface area (TPSA) is 37.4 Å². The van der Waals surface area contributed by atoms with Gasteiger partial charge in [-0.05, 0) is 23.6 Å². The van der Waals surface area contributed by atoms with Crippen molar-refractivity contribution in [1.29, 1.82) is 0 Å². The van der Waals surface area contributed by atoms with Crippen molar-refractivity contribution in [1.82, 2.24) is 4.90 Å². The van der Waals surface area contributed by atoms with Crippen molar-refractivity contribution >= 4 is 54.4 Å². The van der Waals surface area contributed by atoms with Gasteiger partial charge in [0.25, 0.3) is 11.8 Å². The van der Waals surface area contributed by atoms with Crippen LogP contribution in [-0.4, -0.2) is 28.6 Å². The number of halogens is 2. The molecule has 2 aromatic rings. The molecule has 0 saturated heterocycles. The van der Waals surface area contributed by atoms with Crippen LogP contribution in [0.2, 0.25) is 0 Å². The first-order valence-electron chi connectivity index (χ1n) is 5.78. The summed E-state index contributed by atoms with van der Waals surface area (Å²) in [6, 6.07) is 9.14. The van der Waals surface area contributed by atoms with Gasteiger partial charge in [0.15, 0.2) is 0 Å². The molecular formula is C14H9Br2NO2. The minimum Gasteiger partial charge on any atom is -0.274 e. The molecule has 0 aliphatic carbocycles. The number of carbonyl (C=O) groups is 2. The molecule has 1 aliphatic heterocycles. The second kappa shape index (κ2) is 4.72. The van der Waals surface area contributed by atoms with Crippen molar-refractivity contribution in [3.05, 3.63) is 45.9 Å². The molecule has 0 unspecified atom stereocenters. The first-order chi connectivity index (χ1) is 9.15. The van der Waals surface area contributed by atoms with Gasteiger partial charge in [-0.3, -0.25) is 14.5 Å². The van der Waals surface area contributed by atoms with E-state index in [1.54, 1.807) is 12.1 Å². The molecule has 0 saturated carbocycles. The zero-order valence-corrected chi connectivity index (χ0v) is 13.0. The third-order valence-electron chi connectivity index (χ3n) is 3.25. The Labute approximate surface area is 126 Å². The average molecular weight is 383 g/mol. The zero-order valence-electron chi connectivity index (χ0n) is 9.82. The van der Waals surface area contributed by atoms with Crippen molar-refractivity contribution in [3.8, 4) is 0 Å². The van der Waals surface area contributed by atoms with Gasteiger partial charge >= 0.3 is 0 Å². The summed E-state index contributed by atoms with van der Waals surface area (Å²) >= 11 is 6.74. The summed E-state index contributed by atoms with van der Waals surface area (Å²) in [7, 11) is 0. The van der Waals surface area contributed by atoms with E-state index in [1.807, 2.05) is 18.2 Å². The van der Waals surface area contributed by atoms with E-state index in [-0.39, 0.29) is 11.8 Å². The van der Waals surface area contributed by atoms with Crippen LogP contribution in [0.25, 0.3) is 10.8 Å². The second-order valence-corrected chi connectivity index (χ2v) is 5.92. The Hall–Kier alpha value is -1.20. The molecular weight excluding hydrogens is 374 g/mol.